The molecule has 0 spiro atoms. The average molecular weight is 347 g/mol. The number of primary amides is 1. The van der Waals surface area contributed by atoms with Crippen molar-refractivity contribution in [2.45, 2.75) is 19.0 Å². The van der Waals surface area contributed by atoms with Gasteiger partial charge in [0, 0.05) is 5.02 Å². The summed E-state index contributed by atoms with van der Waals surface area (Å²) in [6.07, 6.45) is 1.51. The zero-order valence-corrected chi connectivity index (χ0v) is 13.6. The average Bonchev–Trinajstić information content (AvgIpc) is 3.23. The lowest BCUT2D eigenvalue weighted by Gasteiger charge is -2.27. The van der Waals surface area contributed by atoms with Crippen LogP contribution in [0.4, 0.5) is 0 Å². The molecule has 0 saturated heterocycles. The Hall–Kier alpha value is -2.64. The van der Waals surface area contributed by atoms with Gasteiger partial charge < -0.3 is 14.6 Å². The highest BCUT2D eigenvalue weighted by Crippen LogP contribution is 2.24. The number of nitrogens with zero attached hydrogens (tertiary/aromatic N) is 2. The first-order chi connectivity index (χ1) is 11.5. The maximum atomic E-state index is 12.0. The molecule has 3 rings (SSSR count). The van der Waals surface area contributed by atoms with Gasteiger partial charge in [0.25, 0.3) is 5.89 Å². The van der Waals surface area contributed by atoms with Gasteiger partial charge in [-0.05, 0) is 36.8 Å². The van der Waals surface area contributed by atoms with Crippen molar-refractivity contribution in [3.05, 3.63) is 59.1 Å². The van der Waals surface area contributed by atoms with Crippen LogP contribution in [0.3, 0.4) is 0 Å². The molecule has 3 N–H and O–H groups in total. The van der Waals surface area contributed by atoms with Crippen molar-refractivity contribution in [1.82, 2.24) is 15.5 Å². The summed E-state index contributed by atoms with van der Waals surface area (Å²) in [6.45, 7) is 1.82. The summed E-state index contributed by atoms with van der Waals surface area (Å²) in [5.74, 6) is 0.494. The van der Waals surface area contributed by atoms with Crippen LogP contribution < -0.4 is 11.1 Å². The molecule has 124 valence electrons. The van der Waals surface area contributed by atoms with Crippen LogP contribution in [0.15, 0.2) is 51.5 Å². The molecule has 0 saturated carbocycles. The Balaban J connectivity index is 1.79. The minimum absolute atomic E-state index is 0.152. The molecule has 1 amide bonds. The summed E-state index contributed by atoms with van der Waals surface area (Å²) in [5, 5.41) is 11.4. The Morgan fingerprint density at radius 1 is 1.33 bits per heavy atom. The van der Waals surface area contributed by atoms with E-state index in [1.54, 1.807) is 43.3 Å². The fourth-order valence-corrected chi connectivity index (χ4v) is 2.40. The maximum Gasteiger partial charge on any atom is 0.283 e. The van der Waals surface area contributed by atoms with E-state index in [0.29, 0.717) is 22.2 Å². The van der Waals surface area contributed by atoms with E-state index in [-0.39, 0.29) is 12.4 Å². The Morgan fingerprint density at radius 2 is 2.17 bits per heavy atom. The molecule has 0 fully saturated rings. The molecule has 0 bridgehead atoms. The molecule has 1 unspecified atom stereocenters. The number of carbonyl (C=O) groups is 1. The van der Waals surface area contributed by atoms with Crippen LogP contribution in [0.25, 0.3) is 11.7 Å². The molecule has 1 aromatic carbocycles. The first-order valence-corrected chi connectivity index (χ1v) is 7.54. The number of aromatic nitrogens is 2. The summed E-state index contributed by atoms with van der Waals surface area (Å²) in [5.41, 5.74) is 5.09. The largest absolute Gasteiger partial charge is 0.459 e. The van der Waals surface area contributed by atoms with E-state index in [1.165, 1.54) is 6.26 Å². The number of halogens is 1. The van der Waals surface area contributed by atoms with Crippen LogP contribution in [-0.4, -0.2) is 16.1 Å². The minimum Gasteiger partial charge on any atom is -0.459 e. The normalized spacial score (nSPS) is 13.6. The highest BCUT2D eigenvalue weighted by molar-refractivity contribution is 6.30. The quantitative estimate of drug-likeness (QED) is 0.710. The van der Waals surface area contributed by atoms with Crippen LogP contribution in [0.2, 0.25) is 5.02 Å². The number of nitrogens with one attached hydrogen (secondary N) is 1. The van der Waals surface area contributed by atoms with Gasteiger partial charge in [-0.15, -0.1) is 10.2 Å². The Morgan fingerprint density at radius 3 is 2.83 bits per heavy atom. The monoisotopic (exact) mass is 346 g/mol. The van der Waals surface area contributed by atoms with Gasteiger partial charge in [-0.3, -0.25) is 10.1 Å². The van der Waals surface area contributed by atoms with Crippen molar-refractivity contribution in [3.63, 3.8) is 0 Å². The molecule has 2 aromatic heterocycles. The van der Waals surface area contributed by atoms with Gasteiger partial charge in [-0.1, -0.05) is 23.7 Å². The molecule has 2 heterocycles. The molecule has 0 aliphatic rings. The molecule has 7 nitrogen and oxygen atoms in total. The third-order valence-corrected chi connectivity index (χ3v) is 3.92. The fourth-order valence-electron chi connectivity index (χ4n) is 2.21. The number of rotatable bonds is 6. The summed E-state index contributed by atoms with van der Waals surface area (Å²) in [4.78, 5) is 12.0. The van der Waals surface area contributed by atoms with Gasteiger partial charge in [0.1, 0.15) is 5.54 Å². The van der Waals surface area contributed by atoms with Crippen molar-refractivity contribution in [2.24, 2.45) is 5.73 Å². The summed E-state index contributed by atoms with van der Waals surface area (Å²) in [7, 11) is 0. The zero-order valence-electron chi connectivity index (χ0n) is 12.8. The molecule has 0 aliphatic heterocycles. The Kier molecular flexibility index (Phi) is 4.37. The molecule has 0 radical (unpaired) electrons. The van der Waals surface area contributed by atoms with E-state index in [1.807, 2.05) is 0 Å². The van der Waals surface area contributed by atoms with Gasteiger partial charge in [0.2, 0.25) is 11.8 Å². The van der Waals surface area contributed by atoms with Gasteiger partial charge in [-0.25, -0.2) is 0 Å². The standard InChI is InChI=1S/C16H15ClN4O3/c1-16(15(18)22,10-4-2-5-11(17)8-10)19-9-13-20-21-14(24-13)12-6-3-7-23-12/h2-8,19H,9H2,1H3,(H2,18,22). The lowest BCUT2D eigenvalue weighted by atomic mass is 9.91. The van der Waals surface area contributed by atoms with Crippen molar-refractivity contribution in [2.75, 3.05) is 0 Å². The highest BCUT2D eigenvalue weighted by Gasteiger charge is 2.33. The van der Waals surface area contributed by atoms with E-state index >= 15 is 0 Å². The first-order valence-electron chi connectivity index (χ1n) is 7.16. The number of hydrogen-bond donors (Lipinski definition) is 2. The van der Waals surface area contributed by atoms with E-state index in [9.17, 15) is 4.79 Å². The second kappa shape index (κ2) is 6.46. The topological polar surface area (TPSA) is 107 Å². The number of benzene rings is 1. The number of amides is 1. The Bertz CT molecular complexity index is 847. The zero-order chi connectivity index (χ0) is 17.2. The van der Waals surface area contributed by atoms with Crippen LogP contribution in [0.5, 0.6) is 0 Å². The third-order valence-electron chi connectivity index (χ3n) is 3.69. The first kappa shape index (κ1) is 16.2. The lowest BCUT2D eigenvalue weighted by Crippen LogP contribution is -2.50. The SMILES string of the molecule is CC(NCc1nnc(-c2ccco2)o1)(C(N)=O)c1cccc(Cl)c1. The van der Waals surface area contributed by atoms with E-state index in [2.05, 4.69) is 15.5 Å². The second-order valence-electron chi connectivity index (χ2n) is 5.33. The molecular weight excluding hydrogens is 332 g/mol. The molecule has 0 aliphatic carbocycles. The van der Waals surface area contributed by atoms with Gasteiger partial charge in [-0.2, -0.15) is 0 Å². The van der Waals surface area contributed by atoms with Gasteiger partial charge in [0.05, 0.1) is 12.8 Å². The van der Waals surface area contributed by atoms with E-state index in [0.717, 1.165) is 0 Å². The molecule has 8 heteroatoms. The Labute approximate surface area is 142 Å². The predicted octanol–water partition coefficient (Wildman–Crippen LogP) is 2.47. The predicted molar refractivity (Wildman–Crippen MR) is 86.8 cm³/mol. The third kappa shape index (κ3) is 3.17. The van der Waals surface area contributed by atoms with Crippen LogP contribution >= 0.6 is 11.6 Å². The number of nitrogens with two attached hydrogens (primary N) is 1. The van der Waals surface area contributed by atoms with Crippen molar-refractivity contribution in [3.8, 4) is 11.7 Å². The van der Waals surface area contributed by atoms with Crippen molar-refractivity contribution < 1.29 is 13.6 Å². The van der Waals surface area contributed by atoms with Crippen molar-refractivity contribution in [1.29, 1.82) is 0 Å². The summed E-state index contributed by atoms with van der Waals surface area (Å²) >= 11 is 6.00. The summed E-state index contributed by atoms with van der Waals surface area (Å²) in [6, 6.07) is 10.4. The molecular formula is C16H15ClN4O3. The fraction of sp³-hybridized carbons (Fsp3) is 0.188. The van der Waals surface area contributed by atoms with E-state index in [4.69, 9.17) is 26.2 Å². The van der Waals surface area contributed by atoms with Gasteiger partial charge >= 0.3 is 0 Å². The van der Waals surface area contributed by atoms with E-state index < -0.39 is 11.4 Å². The maximum absolute atomic E-state index is 12.0. The second-order valence-corrected chi connectivity index (χ2v) is 5.77. The van der Waals surface area contributed by atoms with Crippen LogP contribution in [0.1, 0.15) is 18.4 Å². The number of hydrogen-bond acceptors (Lipinski definition) is 6. The molecule has 1 atom stereocenters. The summed E-state index contributed by atoms with van der Waals surface area (Å²) < 4.78 is 10.7. The minimum atomic E-state index is -1.13. The highest BCUT2D eigenvalue weighted by atomic mass is 35.5. The molecule has 24 heavy (non-hydrogen) atoms. The van der Waals surface area contributed by atoms with Crippen LogP contribution in [-0.2, 0) is 16.9 Å². The lowest BCUT2D eigenvalue weighted by molar-refractivity contribution is -0.124. The number of carbonyl (C=O) groups excluding carboxylic acids is 1. The smallest absolute Gasteiger partial charge is 0.283 e. The van der Waals surface area contributed by atoms with Crippen LogP contribution in [0, 0.1) is 0 Å². The van der Waals surface area contributed by atoms with Crippen molar-refractivity contribution >= 4 is 17.5 Å². The molecule has 3 aromatic rings. The number of furan rings is 1. The van der Waals surface area contributed by atoms with Gasteiger partial charge in [0.15, 0.2) is 5.76 Å².